The Morgan fingerprint density at radius 2 is 1.54 bits per heavy atom. The van der Waals surface area contributed by atoms with Crippen molar-refractivity contribution in [2.75, 3.05) is 17.2 Å². The zero-order valence-corrected chi connectivity index (χ0v) is 16.6. The minimum absolute atomic E-state index is 0.0651. The number of rotatable bonds is 6. The minimum atomic E-state index is -0.238. The van der Waals surface area contributed by atoms with E-state index in [9.17, 15) is 9.59 Å². The Kier molecular flexibility index (Phi) is 6.69. The van der Waals surface area contributed by atoms with Gasteiger partial charge in [-0.1, -0.05) is 43.5 Å². The van der Waals surface area contributed by atoms with Gasteiger partial charge in [-0.2, -0.15) is 0 Å². The van der Waals surface area contributed by atoms with Crippen molar-refractivity contribution in [1.82, 2.24) is 0 Å². The molecule has 2 N–H and O–H groups in total. The Labute approximate surface area is 166 Å². The van der Waals surface area contributed by atoms with E-state index >= 15 is 0 Å². The van der Waals surface area contributed by atoms with E-state index in [0.717, 1.165) is 42.6 Å². The summed E-state index contributed by atoms with van der Waals surface area (Å²) >= 11 is 0. The van der Waals surface area contributed by atoms with Gasteiger partial charge in [0.15, 0.2) is 6.61 Å². The second-order valence-corrected chi connectivity index (χ2v) is 7.46. The van der Waals surface area contributed by atoms with Crippen LogP contribution in [0.15, 0.2) is 42.5 Å². The largest absolute Gasteiger partial charge is 0.483 e. The van der Waals surface area contributed by atoms with Crippen LogP contribution in [0.2, 0.25) is 0 Å². The number of carbonyl (C=O) groups is 2. The molecule has 2 aromatic carbocycles. The average molecular weight is 380 g/mol. The molecule has 148 valence electrons. The van der Waals surface area contributed by atoms with Crippen molar-refractivity contribution >= 4 is 23.2 Å². The lowest BCUT2D eigenvalue weighted by Gasteiger charge is -2.20. The van der Waals surface area contributed by atoms with E-state index in [0.29, 0.717) is 11.4 Å². The molecule has 3 rings (SSSR count). The van der Waals surface area contributed by atoms with Gasteiger partial charge in [0.05, 0.1) is 0 Å². The second kappa shape index (κ2) is 9.40. The zero-order valence-electron chi connectivity index (χ0n) is 16.6. The Hall–Kier alpha value is -2.82. The molecule has 0 radical (unpaired) electrons. The van der Waals surface area contributed by atoms with Crippen LogP contribution in [-0.2, 0) is 9.59 Å². The number of hydrogen-bond acceptors (Lipinski definition) is 3. The van der Waals surface area contributed by atoms with Gasteiger partial charge in [0.2, 0.25) is 5.91 Å². The molecule has 2 amide bonds. The third-order valence-corrected chi connectivity index (χ3v) is 5.15. The molecule has 2 aromatic rings. The molecular formula is C23H28N2O3. The molecule has 5 nitrogen and oxygen atoms in total. The van der Waals surface area contributed by atoms with Crippen LogP contribution in [0.5, 0.6) is 5.75 Å². The summed E-state index contributed by atoms with van der Waals surface area (Å²) < 4.78 is 5.69. The Morgan fingerprint density at radius 1 is 0.929 bits per heavy atom. The fraction of sp³-hybridized carbons (Fsp3) is 0.391. The van der Waals surface area contributed by atoms with E-state index in [1.807, 2.05) is 44.2 Å². The third-order valence-electron chi connectivity index (χ3n) is 5.15. The van der Waals surface area contributed by atoms with E-state index in [2.05, 4.69) is 10.6 Å². The number of carbonyl (C=O) groups excluding carboxylic acids is 2. The Morgan fingerprint density at radius 3 is 2.21 bits per heavy atom. The number of nitrogens with one attached hydrogen (secondary N) is 2. The first-order valence-corrected chi connectivity index (χ1v) is 9.93. The second-order valence-electron chi connectivity index (χ2n) is 7.46. The summed E-state index contributed by atoms with van der Waals surface area (Å²) in [6, 6.07) is 13.1. The molecule has 0 saturated heterocycles. The lowest BCUT2D eigenvalue weighted by molar-refractivity contribution is -0.120. The number of benzene rings is 2. The molecule has 0 heterocycles. The predicted molar refractivity (Wildman–Crippen MR) is 112 cm³/mol. The van der Waals surface area contributed by atoms with Gasteiger partial charge < -0.3 is 15.4 Å². The summed E-state index contributed by atoms with van der Waals surface area (Å²) in [6.07, 6.45) is 5.37. The zero-order chi connectivity index (χ0) is 19.9. The van der Waals surface area contributed by atoms with Gasteiger partial charge >= 0.3 is 0 Å². The number of aryl methyl sites for hydroxylation is 2. The quantitative estimate of drug-likeness (QED) is 0.753. The lowest BCUT2D eigenvalue weighted by Crippen LogP contribution is -2.25. The lowest BCUT2D eigenvalue weighted by atomic mass is 9.88. The molecule has 0 spiro atoms. The molecule has 0 aliphatic heterocycles. The molecule has 1 aliphatic carbocycles. The van der Waals surface area contributed by atoms with E-state index in [1.54, 1.807) is 12.1 Å². The van der Waals surface area contributed by atoms with Crippen LogP contribution in [0.1, 0.15) is 43.2 Å². The topological polar surface area (TPSA) is 67.4 Å². The van der Waals surface area contributed by atoms with Gasteiger partial charge in [-0.3, -0.25) is 9.59 Å². The highest BCUT2D eigenvalue weighted by Crippen LogP contribution is 2.26. The van der Waals surface area contributed by atoms with Gasteiger partial charge in [-0.05, 0) is 56.0 Å². The predicted octanol–water partition coefficient (Wildman–Crippen LogP) is 4.84. The first kappa shape index (κ1) is 19.9. The Bertz CT molecular complexity index is 821. The molecule has 0 bridgehead atoms. The van der Waals surface area contributed by atoms with Gasteiger partial charge in [-0.15, -0.1) is 0 Å². The molecule has 1 aliphatic rings. The summed E-state index contributed by atoms with van der Waals surface area (Å²) in [5.74, 6) is 0.670. The van der Waals surface area contributed by atoms with Gasteiger partial charge in [0, 0.05) is 17.3 Å². The molecule has 0 aromatic heterocycles. The number of anilines is 2. The van der Waals surface area contributed by atoms with Crippen molar-refractivity contribution in [1.29, 1.82) is 0 Å². The SMILES string of the molecule is Cc1cccc(C)c1OCC(=O)Nc1cccc(NC(=O)C2CCCCC2)c1. The van der Waals surface area contributed by atoms with Crippen molar-refractivity contribution in [2.24, 2.45) is 5.92 Å². The number of ether oxygens (including phenoxy) is 1. The van der Waals surface area contributed by atoms with Crippen LogP contribution in [0.3, 0.4) is 0 Å². The number of para-hydroxylation sites is 1. The highest BCUT2D eigenvalue weighted by molar-refractivity contribution is 5.95. The van der Waals surface area contributed by atoms with Crippen molar-refractivity contribution < 1.29 is 14.3 Å². The van der Waals surface area contributed by atoms with Crippen molar-refractivity contribution in [2.45, 2.75) is 46.0 Å². The molecule has 0 atom stereocenters. The highest BCUT2D eigenvalue weighted by Gasteiger charge is 2.21. The first-order valence-electron chi connectivity index (χ1n) is 9.93. The van der Waals surface area contributed by atoms with Crippen molar-refractivity contribution in [3.63, 3.8) is 0 Å². The smallest absolute Gasteiger partial charge is 0.262 e. The summed E-state index contributed by atoms with van der Waals surface area (Å²) in [7, 11) is 0. The standard InChI is InChI=1S/C23H28N2O3/c1-16-8-6-9-17(2)22(16)28-15-21(26)24-19-12-7-13-20(14-19)25-23(27)18-10-4-3-5-11-18/h6-9,12-14,18H,3-5,10-11,15H2,1-2H3,(H,24,26)(H,25,27). The normalized spacial score (nSPS) is 14.4. The van der Waals surface area contributed by atoms with Crippen LogP contribution in [0.25, 0.3) is 0 Å². The summed E-state index contributed by atoms with van der Waals surface area (Å²) in [5, 5.41) is 5.81. The molecule has 1 saturated carbocycles. The van der Waals surface area contributed by atoms with Crippen LogP contribution in [0, 0.1) is 19.8 Å². The van der Waals surface area contributed by atoms with Gasteiger partial charge in [0.25, 0.3) is 5.91 Å². The monoisotopic (exact) mass is 380 g/mol. The molecule has 5 heteroatoms. The fourth-order valence-corrected chi connectivity index (χ4v) is 3.65. The maximum Gasteiger partial charge on any atom is 0.262 e. The first-order chi connectivity index (χ1) is 13.5. The number of amides is 2. The summed E-state index contributed by atoms with van der Waals surface area (Å²) in [6.45, 7) is 3.85. The van der Waals surface area contributed by atoms with Crippen molar-refractivity contribution in [3.8, 4) is 5.75 Å². The summed E-state index contributed by atoms with van der Waals surface area (Å²) in [5.41, 5.74) is 3.33. The molecule has 28 heavy (non-hydrogen) atoms. The van der Waals surface area contributed by atoms with Crippen LogP contribution >= 0.6 is 0 Å². The highest BCUT2D eigenvalue weighted by atomic mass is 16.5. The van der Waals surface area contributed by atoms with Crippen LogP contribution in [0.4, 0.5) is 11.4 Å². The minimum Gasteiger partial charge on any atom is -0.483 e. The summed E-state index contributed by atoms with van der Waals surface area (Å²) in [4.78, 5) is 24.7. The van der Waals surface area contributed by atoms with Gasteiger partial charge in [0.1, 0.15) is 5.75 Å². The maximum atomic E-state index is 12.4. The average Bonchev–Trinajstić information content (AvgIpc) is 2.68. The van der Waals surface area contributed by atoms with E-state index in [-0.39, 0.29) is 24.3 Å². The Balaban J connectivity index is 1.55. The van der Waals surface area contributed by atoms with Crippen LogP contribution in [-0.4, -0.2) is 18.4 Å². The number of hydrogen-bond donors (Lipinski definition) is 2. The molecule has 0 unspecified atom stereocenters. The van der Waals surface area contributed by atoms with Gasteiger partial charge in [-0.25, -0.2) is 0 Å². The van der Waals surface area contributed by atoms with E-state index < -0.39 is 0 Å². The maximum absolute atomic E-state index is 12.4. The van der Waals surface area contributed by atoms with Crippen molar-refractivity contribution in [3.05, 3.63) is 53.6 Å². The molecule has 1 fully saturated rings. The third kappa shape index (κ3) is 5.35. The van der Waals surface area contributed by atoms with Crippen LogP contribution < -0.4 is 15.4 Å². The molecular weight excluding hydrogens is 352 g/mol. The van der Waals surface area contributed by atoms with E-state index in [4.69, 9.17) is 4.74 Å². The van der Waals surface area contributed by atoms with E-state index in [1.165, 1.54) is 6.42 Å². The fourth-order valence-electron chi connectivity index (χ4n) is 3.65.